The Balaban J connectivity index is 1.87. The second-order valence-corrected chi connectivity index (χ2v) is 5.52. The highest BCUT2D eigenvalue weighted by atomic mass is 16.2. The molecule has 0 aromatic heterocycles. The van der Waals surface area contributed by atoms with Crippen molar-refractivity contribution in [2.45, 2.75) is 39.3 Å². The lowest BCUT2D eigenvalue weighted by atomic mass is 9.98. The highest BCUT2D eigenvalue weighted by Gasteiger charge is 2.30. The number of rotatable bonds is 3. The average molecular weight is 261 g/mol. The molecular weight excluding hydrogens is 238 g/mol. The van der Waals surface area contributed by atoms with E-state index in [2.05, 4.69) is 24.5 Å². The minimum Gasteiger partial charge on any atom is -0.335 e. The third-order valence-corrected chi connectivity index (χ3v) is 4.23. The molecule has 1 aromatic carbocycles. The average Bonchev–Trinajstić information content (AvgIpc) is 2.71. The first-order valence-electron chi connectivity index (χ1n) is 6.96. The Morgan fingerprint density at radius 2 is 1.95 bits per heavy atom. The van der Waals surface area contributed by atoms with Crippen molar-refractivity contribution in [3.05, 3.63) is 29.8 Å². The van der Waals surface area contributed by atoms with Gasteiger partial charge in [0.15, 0.2) is 0 Å². The molecule has 4 nitrogen and oxygen atoms in total. The maximum Gasteiger partial charge on any atom is 0.319 e. The molecule has 104 valence electrons. The second kappa shape index (κ2) is 6.06. The molecule has 1 fully saturated rings. The van der Waals surface area contributed by atoms with Crippen LogP contribution in [0.2, 0.25) is 0 Å². The Bertz CT molecular complexity index is 430. The zero-order chi connectivity index (χ0) is 13.8. The minimum atomic E-state index is -0.119. The molecule has 1 aliphatic rings. The molecule has 19 heavy (non-hydrogen) atoms. The van der Waals surface area contributed by atoms with Crippen molar-refractivity contribution in [3.63, 3.8) is 0 Å². The molecule has 0 heterocycles. The third-order valence-electron chi connectivity index (χ3n) is 4.23. The van der Waals surface area contributed by atoms with Crippen molar-refractivity contribution in [1.82, 2.24) is 5.32 Å². The van der Waals surface area contributed by atoms with Gasteiger partial charge in [-0.1, -0.05) is 26.0 Å². The Hall–Kier alpha value is -1.55. The van der Waals surface area contributed by atoms with Gasteiger partial charge in [0.05, 0.1) is 0 Å². The molecular formula is C15H23N3O. The normalized spacial score (nSPS) is 26.2. The van der Waals surface area contributed by atoms with Crippen LogP contribution in [0.4, 0.5) is 10.5 Å². The summed E-state index contributed by atoms with van der Waals surface area (Å²) in [4.78, 5) is 11.9. The van der Waals surface area contributed by atoms with E-state index in [0.717, 1.165) is 17.7 Å². The van der Waals surface area contributed by atoms with E-state index in [9.17, 15) is 4.79 Å². The summed E-state index contributed by atoms with van der Waals surface area (Å²) < 4.78 is 0. The predicted molar refractivity (Wildman–Crippen MR) is 77.8 cm³/mol. The van der Waals surface area contributed by atoms with E-state index >= 15 is 0 Å². The van der Waals surface area contributed by atoms with Crippen molar-refractivity contribution in [1.29, 1.82) is 0 Å². The van der Waals surface area contributed by atoms with Crippen molar-refractivity contribution in [3.8, 4) is 0 Å². The predicted octanol–water partition coefficient (Wildman–Crippen LogP) is 2.70. The minimum absolute atomic E-state index is 0.119. The molecule has 3 atom stereocenters. The number of anilines is 1. The van der Waals surface area contributed by atoms with Crippen LogP contribution in [0, 0.1) is 11.8 Å². The highest BCUT2D eigenvalue weighted by Crippen LogP contribution is 2.31. The lowest BCUT2D eigenvalue weighted by molar-refractivity contribution is 0.244. The lowest BCUT2D eigenvalue weighted by Crippen LogP contribution is -2.40. The Kier molecular flexibility index (Phi) is 4.43. The van der Waals surface area contributed by atoms with Gasteiger partial charge in [-0.05, 0) is 42.4 Å². The van der Waals surface area contributed by atoms with Crippen LogP contribution in [0.5, 0.6) is 0 Å². The molecule has 0 aliphatic heterocycles. The number of amides is 2. The molecule has 4 N–H and O–H groups in total. The molecule has 0 radical (unpaired) electrons. The Morgan fingerprint density at radius 3 is 2.47 bits per heavy atom. The monoisotopic (exact) mass is 261 g/mol. The molecule has 4 heteroatoms. The first-order valence-corrected chi connectivity index (χ1v) is 6.96. The van der Waals surface area contributed by atoms with Gasteiger partial charge in [-0.3, -0.25) is 0 Å². The van der Waals surface area contributed by atoms with Crippen molar-refractivity contribution in [2.24, 2.45) is 17.6 Å². The number of benzene rings is 1. The van der Waals surface area contributed by atoms with Crippen LogP contribution in [0.25, 0.3) is 0 Å². The summed E-state index contributed by atoms with van der Waals surface area (Å²) in [6.45, 7) is 4.97. The highest BCUT2D eigenvalue weighted by molar-refractivity contribution is 5.89. The van der Waals surface area contributed by atoms with Gasteiger partial charge < -0.3 is 16.4 Å². The van der Waals surface area contributed by atoms with E-state index in [0.29, 0.717) is 24.4 Å². The van der Waals surface area contributed by atoms with Gasteiger partial charge in [0.1, 0.15) is 0 Å². The number of hydrogen-bond donors (Lipinski definition) is 3. The van der Waals surface area contributed by atoms with Crippen molar-refractivity contribution >= 4 is 11.7 Å². The zero-order valence-electron chi connectivity index (χ0n) is 11.6. The number of urea groups is 1. The van der Waals surface area contributed by atoms with Gasteiger partial charge in [-0.15, -0.1) is 0 Å². The first-order chi connectivity index (χ1) is 9.10. The molecule has 2 amide bonds. The summed E-state index contributed by atoms with van der Waals surface area (Å²) in [5.41, 5.74) is 7.40. The number of carbonyl (C=O) groups is 1. The van der Waals surface area contributed by atoms with Gasteiger partial charge in [0.2, 0.25) is 0 Å². The summed E-state index contributed by atoms with van der Waals surface area (Å²) >= 11 is 0. The van der Waals surface area contributed by atoms with Crippen LogP contribution in [0.1, 0.15) is 32.3 Å². The fourth-order valence-electron chi connectivity index (χ4n) is 2.63. The molecule has 0 saturated heterocycles. The number of nitrogens with two attached hydrogens (primary N) is 1. The van der Waals surface area contributed by atoms with Gasteiger partial charge in [-0.25, -0.2) is 4.79 Å². The topological polar surface area (TPSA) is 67.2 Å². The van der Waals surface area contributed by atoms with Crippen molar-refractivity contribution < 1.29 is 4.79 Å². The molecule has 3 unspecified atom stereocenters. The van der Waals surface area contributed by atoms with Crippen LogP contribution in [-0.2, 0) is 6.54 Å². The summed E-state index contributed by atoms with van der Waals surface area (Å²) in [5, 5.41) is 5.93. The quantitative estimate of drug-likeness (QED) is 0.783. The smallest absolute Gasteiger partial charge is 0.319 e. The van der Waals surface area contributed by atoms with Crippen LogP contribution >= 0.6 is 0 Å². The van der Waals surface area contributed by atoms with Gasteiger partial charge in [-0.2, -0.15) is 0 Å². The SMILES string of the molecule is CC1CCC(NC(=O)Nc2ccc(CN)cc2)C1C. The third kappa shape index (κ3) is 3.47. The maximum absolute atomic E-state index is 11.9. The maximum atomic E-state index is 11.9. The molecule has 2 rings (SSSR count). The Morgan fingerprint density at radius 1 is 1.26 bits per heavy atom. The van der Waals surface area contributed by atoms with E-state index in [1.807, 2.05) is 24.3 Å². The molecule has 1 saturated carbocycles. The van der Waals surface area contributed by atoms with Gasteiger partial charge in [0, 0.05) is 18.3 Å². The van der Waals surface area contributed by atoms with Gasteiger partial charge in [0.25, 0.3) is 0 Å². The van der Waals surface area contributed by atoms with E-state index in [1.165, 1.54) is 6.42 Å². The summed E-state index contributed by atoms with van der Waals surface area (Å²) in [6, 6.07) is 7.78. The summed E-state index contributed by atoms with van der Waals surface area (Å²) in [5.74, 6) is 1.24. The Labute approximate surface area is 114 Å². The fourth-order valence-corrected chi connectivity index (χ4v) is 2.63. The van der Waals surface area contributed by atoms with Gasteiger partial charge >= 0.3 is 6.03 Å². The standard InChI is InChI=1S/C15H23N3O/c1-10-3-8-14(11(10)2)18-15(19)17-13-6-4-12(9-16)5-7-13/h4-7,10-11,14H,3,8-9,16H2,1-2H3,(H2,17,18,19). The van der Waals surface area contributed by atoms with E-state index in [1.54, 1.807) is 0 Å². The van der Waals surface area contributed by atoms with E-state index in [4.69, 9.17) is 5.73 Å². The first kappa shape index (κ1) is 13.9. The van der Waals surface area contributed by atoms with Crippen LogP contribution in [0.15, 0.2) is 24.3 Å². The van der Waals surface area contributed by atoms with Crippen LogP contribution in [-0.4, -0.2) is 12.1 Å². The fraction of sp³-hybridized carbons (Fsp3) is 0.533. The van der Waals surface area contributed by atoms with E-state index in [-0.39, 0.29) is 6.03 Å². The molecule has 1 aliphatic carbocycles. The van der Waals surface area contributed by atoms with Crippen LogP contribution in [0.3, 0.4) is 0 Å². The number of hydrogen-bond acceptors (Lipinski definition) is 2. The zero-order valence-corrected chi connectivity index (χ0v) is 11.6. The van der Waals surface area contributed by atoms with Crippen molar-refractivity contribution in [2.75, 3.05) is 5.32 Å². The second-order valence-electron chi connectivity index (χ2n) is 5.52. The summed E-state index contributed by atoms with van der Waals surface area (Å²) in [7, 11) is 0. The molecule has 1 aromatic rings. The van der Waals surface area contributed by atoms with E-state index < -0.39 is 0 Å². The number of carbonyl (C=O) groups excluding carboxylic acids is 1. The largest absolute Gasteiger partial charge is 0.335 e. The molecule has 0 bridgehead atoms. The van der Waals surface area contributed by atoms with Crippen LogP contribution < -0.4 is 16.4 Å². The molecule has 0 spiro atoms. The summed E-state index contributed by atoms with van der Waals surface area (Å²) in [6.07, 6.45) is 2.26. The lowest BCUT2D eigenvalue weighted by Gasteiger charge is -2.20. The number of nitrogens with one attached hydrogen (secondary N) is 2.